The molecule has 0 fully saturated rings. The van der Waals surface area contributed by atoms with Crippen molar-refractivity contribution in [3.63, 3.8) is 0 Å². The molecule has 0 spiro atoms. The third-order valence-electron chi connectivity index (χ3n) is 1.58. The van der Waals surface area contributed by atoms with Gasteiger partial charge in [0.15, 0.2) is 0 Å². The van der Waals surface area contributed by atoms with Crippen LogP contribution in [0.5, 0.6) is 0 Å². The lowest BCUT2D eigenvalue weighted by Gasteiger charge is -1.92. The van der Waals surface area contributed by atoms with Gasteiger partial charge in [-0.25, -0.2) is 0 Å². The summed E-state index contributed by atoms with van der Waals surface area (Å²) in [7, 11) is 0. The van der Waals surface area contributed by atoms with Gasteiger partial charge >= 0.3 is 23.9 Å². The zero-order chi connectivity index (χ0) is 14.6. The van der Waals surface area contributed by atoms with E-state index in [1.54, 1.807) is 0 Å². The second-order valence-electron chi connectivity index (χ2n) is 3.28. The molecule has 0 aliphatic rings. The van der Waals surface area contributed by atoms with E-state index in [1.165, 1.54) is 0 Å². The molecule has 10 N–H and O–H groups in total. The van der Waals surface area contributed by atoms with Gasteiger partial charge in [-0.05, 0) is 12.8 Å². The molecule has 0 aromatic carbocycles. The van der Waals surface area contributed by atoms with Gasteiger partial charge in [-0.15, -0.1) is 0 Å². The van der Waals surface area contributed by atoms with Crippen molar-refractivity contribution >= 4 is 23.9 Å². The van der Waals surface area contributed by atoms with Gasteiger partial charge in [0, 0.05) is 12.8 Å². The van der Waals surface area contributed by atoms with Crippen LogP contribution in [-0.4, -0.2) is 44.3 Å². The summed E-state index contributed by atoms with van der Waals surface area (Å²) in [6.45, 7) is 0. The molecule has 0 radical (unpaired) electrons. The van der Waals surface area contributed by atoms with Gasteiger partial charge in [0.05, 0.1) is 12.8 Å². The van der Waals surface area contributed by atoms with Crippen LogP contribution in [0.4, 0.5) is 0 Å². The summed E-state index contributed by atoms with van der Waals surface area (Å²) in [5, 5.41) is 32.1. The molecule has 10 nitrogen and oxygen atoms in total. The fraction of sp³-hybridized carbons (Fsp3) is 0.600. The molecule has 0 atom stereocenters. The first-order valence-corrected chi connectivity index (χ1v) is 5.13. The molecule has 10 heteroatoms. The average molecular weight is 298 g/mol. The van der Waals surface area contributed by atoms with Gasteiger partial charge in [0.1, 0.15) is 0 Å². The summed E-state index contributed by atoms with van der Waals surface area (Å²) < 4.78 is 0. The Balaban J connectivity index is -0.000000119. The summed E-state index contributed by atoms with van der Waals surface area (Å²) in [5.74, 6) is -3.89. The molecule has 0 rings (SSSR count). The quantitative estimate of drug-likeness (QED) is 0.348. The Morgan fingerprint density at radius 2 is 0.700 bits per heavy atom. The van der Waals surface area contributed by atoms with E-state index < -0.39 is 23.9 Å². The van der Waals surface area contributed by atoms with E-state index in [4.69, 9.17) is 20.4 Å². The van der Waals surface area contributed by atoms with E-state index in [1.807, 2.05) is 0 Å². The molecule has 0 bridgehead atoms. The van der Waals surface area contributed by atoms with Crippen LogP contribution < -0.4 is 12.3 Å². The third kappa shape index (κ3) is 36.0. The Morgan fingerprint density at radius 3 is 0.850 bits per heavy atom. The predicted octanol–water partition coefficient (Wildman–Crippen LogP) is 0.976. The van der Waals surface area contributed by atoms with Crippen molar-refractivity contribution in [3.05, 3.63) is 0 Å². The first-order valence-electron chi connectivity index (χ1n) is 5.13. The van der Waals surface area contributed by atoms with E-state index in [9.17, 15) is 19.2 Å². The molecule has 20 heavy (non-hydrogen) atoms. The first kappa shape index (κ1) is 26.4. The maximum absolute atomic E-state index is 9.90. The molecule has 0 aromatic rings. The van der Waals surface area contributed by atoms with Crippen molar-refractivity contribution in [2.45, 2.75) is 38.5 Å². The molecule has 0 unspecified atom stereocenters. The van der Waals surface area contributed by atoms with E-state index in [0.717, 1.165) is 0 Å². The summed E-state index contributed by atoms with van der Waals surface area (Å²) in [6.07, 6.45) is 0.425. The van der Waals surface area contributed by atoms with Crippen molar-refractivity contribution in [1.82, 2.24) is 12.3 Å². The van der Waals surface area contributed by atoms with Crippen LogP contribution >= 0.6 is 0 Å². The predicted molar refractivity (Wildman–Crippen MR) is 68.3 cm³/mol. The first-order chi connectivity index (χ1) is 8.25. The summed E-state index contributed by atoms with van der Waals surface area (Å²) >= 11 is 0. The molecule has 0 aliphatic heterocycles. The maximum atomic E-state index is 9.90. The molecule has 0 saturated carbocycles. The normalized spacial score (nSPS) is 8.00. The van der Waals surface area contributed by atoms with Gasteiger partial charge in [0.2, 0.25) is 0 Å². The van der Waals surface area contributed by atoms with Gasteiger partial charge in [-0.3, -0.25) is 19.2 Å². The number of hydrogen-bond acceptors (Lipinski definition) is 6. The summed E-state index contributed by atoms with van der Waals surface area (Å²) in [6, 6.07) is 0. The Hall–Kier alpha value is -2.20. The van der Waals surface area contributed by atoms with E-state index in [0.29, 0.717) is 12.8 Å². The Labute approximate surface area is 115 Å². The van der Waals surface area contributed by atoms with Crippen LogP contribution in [0, 0.1) is 0 Å². The highest BCUT2D eigenvalue weighted by Crippen LogP contribution is 1.98. The van der Waals surface area contributed by atoms with Crippen LogP contribution in [0.15, 0.2) is 0 Å². The minimum atomic E-state index is -1.08. The lowest BCUT2D eigenvalue weighted by atomic mass is 10.2. The highest BCUT2D eigenvalue weighted by molar-refractivity contribution is 5.75. The second-order valence-corrected chi connectivity index (χ2v) is 3.28. The van der Waals surface area contributed by atoms with Gasteiger partial charge in [-0.2, -0.15) is 0 Å². The number of unbranched alkanes of at least 4 members (excludes halogenated alkanes) is 1. The third-order valence-corrected chi connectivity index (χ3v) is 1.58. The van der Waals surface area contributed by atoms with E-state index >= 15 is 0 Å². The minimum absolute atomic E-state index is 0. The zero-order valence-corrected chi connectivity index (χ0v) is 11.1. The summed E-state index contributed by atoms with van der Waals surface area (Å²) in [5.41, 5.74) is 0. The molecular formula is C10H22N2O8. The number of aliphatic carboxylic acids is 4. The Morgan fingerprint density at radius 1 is 0.500 bits per heavy atom. The highest BCUT2D eigenvalue weighted by Gasteiger charge is 2.00. The maximum Gasteiger partial charge on any atom is 0.303 e. The number of rotatable bonds is 8. The van der Waals surface area contributed by atoms with Crippen molar-refractivity contribution in [2.24, 2.45) is 0 Å². The molecule has 0 amide bonds. The van der Waals surface area contributed by atoms with Crippen LogP contribution in [0.2, 0.25) is 0 Å². The zero-order valence-electron chi connectivity index (χ0n) is 11.1. The fourth-order valence-electron chi connectivity index (χ4n) is 0.766. The van der Waals surface area contributed by atoms with Crippen LogP contribution in [0.3, 0.4) is 0 Å². The van der Waals surface area contributed by atoms with Crippen LogP contribution in [-0.2, 0) is 19.2 Å². The number of hydrogen-bond donors (Lipinski definition) is 6. The smallest absolute Gasteiger partial charge is 0.303 e. The van der Waals surface area contributed by atoms with Crippen molar-refractivity contribution in [2.75, 3.05) is 0 Å². The van der Waals surface area contributed by atoms with E-state index in [2.05, 4.69) is 0 Å². The molecular weight excluding hydrogens is 276 g/mol. The minimum Gasteiger partial charge on any atom is -0.481 e. The molecule has 0 aliphatic carbocycles. The van der Waals surface area contributed by atoms with Gasteiger partial charge in [0.25, 0.3) is 0 Å². The van der Waals surface area contributed by atoms with Gasteiger partial charge < -0.3 is 32.7 Å². The largest absolute Gasteiger partial charge is 0.481 e. The van der Waals surface area contributed by atoms with Crippen molar-refractivity contribution < 1.29 is 39.6 Å². The molecule has 0 saturated heterocycles. The highest BCUT2D eigenvalue weighted by atomic mass is 16.4. The number of carboxylic acid groups (broad SMARTS) is 4. The molecule has 0 heterocycles. The lowest BCUT2D eigenvalue weighted by molar-refractivity contribution is -0.143. The molecule has 0 aromatic heterocycles. The fourth-order valence-corrected chi connectivity index (χ4v) is 0.766. The van der Waals surface area contributed by atoms with Crippen LogP contribution in [0.25, 0.3) is 0 Å². The van der Waals surface area contributed by atoms with Crippen molar-refractivity contribution in [1.29, 1.82) is 0 Å². The SMILES string of the molecule is N.N.O=C(O)CCC(=O)O.O=C(O)CCCCC(=O)O. The standard InChI is InChI=1S/C6H10O4.C4H6O4.2H3N/c7-5(8)3-1-2-4-6(9)10;5-3(6)1-2-4(7)8;;/h1-4H2,(H,7,8)(H,9,10);1-2H2,(H,5,6)(H,7,8);2*1H3. The average Bonchev–Trinajstić information content (AvgIpc) is 2.22. The van der Waals surface area contributed by atoms with Crippen molar-refractivity contribution in [3.8, 4) is 0 Å². The topological polar surface area (TPSA) is 219 Å². The monoisotopic (exact) mass is 298 g/mol. The number of carbonyl (C=O) groups is 4. The van der Waals surface area contributed by atoms with Gasteiger partial charge in [-0.1, -0.05) is 0 Å². The van der Waals surface area contributed by atoms with Crippen LogP contribution in [0.1, 0.15) is 38.5 Å². The van der Waals surface area contributed by atoms with E-state index in [-0.39, 0.29) is 38.0 Å². The lowest BCUT2D eigenvalue weighted by Crippen LogP contribution is -2.00. The summed E-state index contributed by atoms with van der Waals surface area (Å²) in [4.78, 5) is 39.1. The Kier molecular flexibility index (Phi) is 22.2. The number of carboxylic acids is 4. The molecule has 120 valence electrons. The second kappa shape index (κ2) is 16.8. The Bertz CT molecular complexity index is 276.